The van der Waals surface area contributed by atoms with E-state index in [2.05, 4.69) is 30.5 Å². The maximum absolute atomic E-state index is 13.9. The number of allylic oxidation sites excluding steroid dienone is 4. The molecule has 0 atom stereocenters. The number of halogens is 1. The van der Waals surface area contributed by atoms with Gasteiger partial charge in [-0.1, -0.05) is 13.0 Å². The second-order valence-corrected chi connectivity index (χ2v) is 8.66. The first-order chi connectivity index (χ1) is 17.6. The van der Waals surface area contributed by atoms with Crippen molar-refractivity contribution >= 4 is 39.1 Å². The molecule has 4 heterocycles. The Morgan fingerprint density at radius 2 is 1.97 bits per heavy atom. The molecule has 3 N–H and O–H groups in total. The fourth-order valence-corrected chi connectivity index (χ4v) is 4.45. The average molecular weight is 480 g/mol. The highest BCUT2D eigenvalue weighted by atomic mass is 19.1. The summed E-state index contributed by atoms with van der Waals surface area (Å²) in [5.41, 5.74) is 7.16. The standard InChI is InChI=1S/C27H22FN7O/c1-2-24(36)31-19-9-17(11-29-12-19)15-6-7-22-20(10-15)26(35-34-22)27-32-23-14-30-13-21(25(23)33-27)16-4-3-5-18(28)8-16/h5-14H,2-4H2,1H3,(H,31,36)(H,32,33)(H,34,35). The van der Waals surface area contributed by atoms with Gasteiger partial charge in [0.25, 0.3) is 0 Å². The summed E-state index contributed by atoms with van der Waals surface area (Å²) < 4.78 is 13.9. The van der Waals surface area contributed by atoms with Crippen molar-refractivity contribution in [2.45, 2.75) is 26.2 Å². The van der Waals surface area contributed by atoms with Crippen molar-refractivity contribution < 1.29 is 9.18 Å². The predicted octanol–water partition coefficient (Wildman–Crippen LogP) is 5.94. The lowest BCUT2D eigenvalue weighted by atomic mass is 9.97. The number of benzene rings is 1. The highest BCUT2D eigenvalue weighted by Gasteiger charge is 2.18. The Morgan fingerprint density at radius 3 is 2.83 bits per heavy atom. The normalized spacial score (nSPS) is 13.6. The van der Waals surface area contributed by atoms with Crippen LogP contribution in [0, 0.1) is 0 Å². The zero-order valence-electron chi connectivity index (χ0n) is 19.5. The van der Waals surface area contributed by atoms with Gasteiger partial charge in [0.05, 0.1) is 34.6 Å². The molecule has 0 fully saturated rings. The minimum absolute atomic E-state index is 0.0666. The molecule has 0 saturated carbocycles. The molecule has 8 nitrogen and oxygen atoms in total. The summed E-state index contributed by atoms with van der Waals surface area (Å²) in [6.07, 6.45) is 11.7. The lowest BCUT2D eigenvalue weighted by Gasteiger charge is -2.10. The number of nitrogens with zero attached hydrogens (tertiary/aromatic N) is 4. The minimum Gasteiger partial charge on any atom is -0.335 e. The first kappa shape index (κ1) is 21.8. The number of rotatable bonds is 5. The Bertz CT molecular complexity index is 1700. The molecule has 0 bridgehead atoms. The number of pyridine rings is 2. The Morgan fingerprint density at radius 1 is 1.08 bits per heavy atom. The summed E-state index contributed by atoms with van der Waals surface area (Å²) in [5.74, 6) is 0.294. The van der Waals surface area contributed by atoms with Gasteiger partial charge in [0.1, 0.15) is 11.5 Å². The number of H-pyrrole nitrogens is 2. The third-order valence-electron chi connectivity index (χ3n) is 6.27. The van der Waals surface area contributed by atoms with Crippen molar-refractivity contribution in [2.24, 2.45) is 0 Å². The molecule has 0 unspecified atom stereocenters. The van der Waals surface area contributed by atoms with E-state index in [-0.39, 0.29) is 11.7 Å². The highest BCUT2D eigenvalue weighted by Crippen LogP contribution is 2.34. The number of aromatic nitrogens is 6. The Balaban J connectivity index is 1.42. The lowest BCUT2D eigenvalue weighted by Crippen LogP contribution is -2.09. The SMILES string of the molecule is CCC(=O)Nc1cncc(-c2ccc3[nH]nc(-c4nc5c(C6=CC(F)=CCC6)cncc5[nH]4)c3c2)c1. The molecular weight excluding hydrogens is 457 g/mol. The van der Waals surface area contributed by atoms with Crippen molar-refractivity contribution in [1.29, 1.82) is 0 Å². The number of carbonyl (C=O) groups is 1. The van der Waals surface area contributed by atoms with Crippen LogP contribution in [0.5, 0.6) is 0 Å². The minimum atomic E-state index is -0.234. The largest absolute Gasteiger partial charge is 0.335 e. The molecule has 1 aliphatic rings. The molecule has 178 valence electrons. The molecule has 4 aromatic heterocycles. The summed E-state index contributed by atoms with van der Waals surface area (Å²) in [6, 6.07) is 7.85. The number of aromatic amines is 2. The van der Waals surface area contributed by atoms with Crippen LogP contribution in [0.3, 0.4) is 0 Å². The smallest absolute Gasteiger partial charge is 0.224 e. The van der Waals surface area contributed by atoms with Crippen LogP contribution in [0.4, 0.5) is 10.1 Å². The van der Waals surface area contributed by atoms with E-state index in [0.717, 1.165) is 50.6 Å². The number of imidazole rings is 1. The summed E-state index contributed by atoms with van der Waals surface area (Å²) in [7, 11) is 0. The molecule has 0 spiro atoms. The van der Waals surface area contributed by atoms with Gasteiger partial charge in [-0.15, -0.1) is 0 Å². The van der Waals surface area contributed by atoms with Crippen LogP contribution in [0.2, 0.25) is 0 Å². The number of hydrogen-bond donors (Lipinski definition) is 3. The van der Waals surface area contributed by atoms with Crippen LogP contribution in [0.1, 0.15) is 31.7 Å². The predicted molar refractivity (Wildman–Crippen MR) is 138 cm³/mol. The summed E-state index contributed by atoms with van der Waals surface area (Å²) >= 11 is 0. The van der Waals surface area contributed by atoms with E-state index in [4.69, 9.17) is 4.98 Å². The van der Waals surface area contributed by atoms with E-state index in [9.17, 15) is 9.18 Å². The molecule has 0 radical (unpaired) electrons. The Labute approximate surface area is 205 Å². The van der Waals surface area contributed by atoms with Gasteiger partial charge in [0.15, 0.2) is 5.82 Å². The van der Waals surface area contributed by atoms with Gasteiger partial charge in [0, 0.05) is 35.3 Å². The lowest BCUT2D eigenvalue weighted by molar-refractivity contribution is -0.115. The van der Waals surface area contributed by atoms with Gasteiger partial charge in [-0.05, 0) is 54.3 Å². The van der Waals surface area contributed by atoms with Gasteiger partial charge in [-0.2, -0.15) is 5.10 Å². The molecule has 5 aromatic rings. The quantitative estimate of drug-likeness (QED) is 0.289. The number of hydrogen-bond acceptors (Lipinski definition) is 5. The summed E-state index contributed by atoms with van der Waals surface area (Å²) in [5, 5.41) is 11.3. The summed E-state index contributed by atoms with van der Waals surface area (Å²) in [4.78, 5) is 28.6. The molecule has 36 heavy (non-hydrogen) atoms. The topological polar surface area (TPSA) is 112 Å². The van der Waals surface area contributed by atoms with Crippen LogP contribution < -0.4 is 5.32 Å². The molecule has 9 heteroatoms. The average Bonchev–Trinajstić information content (AvgIpc) is 3.52. The van der Waals surface area contributed by atoms with E-state index in [0.29, 0.717) is 30.0 Å². The van der Waals surface area contributed by atoms with Crippen molar-refractivity contribution in [2.75, 3.05) is 5.32 Å². The maximum Gasteiger partial charge on any atom is 0.224 e. The van der Waals surface area contributed by atoms with Crippen LogP contribution in [-0.4, -0.2) is 36.0 Å². The fraction of sp³-hybridized carbons (Fsp3) is 0.148. The van der Waals surface area contributed by atoms with E-state index < -0.39 is 0 Å². The van der Waals surface area contributed by atoms with Crippen LogP contribution in [0.15, 0.2) is 67.0 Å². The number of carbonyl (C=O) groups excluding carboxylic acids is 1. The van der Waals surface area contributed by atoms with Crippen molar-refractivity contribution in [3.8, 4) is 22.6 Å². The Kier molecular flexibility index (Phi) is 5.37. The fourth-order valence-electron chi connectivity index (χ4n) is 4.45. The first-order valence-electron chi connectivity index (χ1n) is 11.7. The summed E-state index contributed by atoms with van der Waals surface area (Å²) in [6.45, 7) is 1.81. The van der Waals surface area contributed by atoms with Gasteiger partial charge >= 0.3 is 0 Å². The Hall–Kier alpha value is -4.66. The second-order valence-electron chi connectivity index (χ2n) is 8.66. The maximum atomic E-state index is 13.9. The van der Waals surface area contributed by atoms with E-state index in [1.807, 2.05) is 24.3 Å². The van der Waals surface area contributed by atoms with Gasteiger partial charge in [-0.25, -0.2) is 9.37 Å². The number of anilines is 1. The highest BCUT2D eigenvalue weighted by molar-refractivity contribution is 5.97. The molecule has 1 aromatic carbocycles. The zero-order valence-corrected chi connectivity index (χ0v) is 19.5. The molecule has 0 aliphatic heterocycles. The van der Waals surface area contributed by atoms with Crippen molar-refractivity contribution in [3.63, 3.8) is 0 Å². The third-order valence-corrected chi connectivity index (χ3v) is 6.27. The monoisotopic (exact) mass is 479 g/mol. The van der Waals surface area contributed by atoms with Crippen LogP contribution in [0.25, 0.3) is 50.2 Å². The third kappa shape index (κ3) is 3.94. The number of amides is 1. The van der Waals surface area contributed by atoms with E-state index in [1.54, 1.807) is 43.9 Å². The number of fused-ring (bicyclic) bond motifs is 2. The molecule has 1 aliphatic carbocycles. The van der Waals surface area contributed by atoms with Crippen LogP contribution >= 0.6 is 0 Å². The zero-order chi connectivity index (χ0) is 24.6. The van der Waals surface area contributed by atoms with E-state index in [1.165, 1.54) is 0 Å². The first-order valence-corrected chi connectivity index (χ1v) is 11.7. The molecular formula is C27H22FN7O. The molecule has 1 amide bonds. The van der Waals surface area contributed by atoms with Gasteiger partial charge < -0.3 is 10.3 Å². The van der Waals surface area contributed by atoms with Crippen molar-refractivity contribution in [3.05, 3.63) is 72.6 Å². The van der Waals surface area contributed by atoms with Crippen molar-refractivity contribution in [1.82, 2.24) is 30.1 Å². The van der Waals surface area contributed by atoms with Crippen LogP contribution in [-0.2, 0) is 4.79 Å². The van der Waals surface area contributed by atoms with Gasteiger partial charge in [0.2, 0.25) is 5.91 Å². The second kappa shape index (κ2) is 8.84. The van der Waals surface area contributed by atoms with Gasteiger partial charge in [-0.3, -0.25) is 19.9 Å². The van der Waals surface area contributed by atoms with E-state index >= 15 is 0 Å². The molecule has 0 saturated heterocycles. The number of nitrogens with one attached hydrogen (secondary N) is 3. The molecule has 6 rings (SSSR count).